The van der Waals surface area contributed by atoms with Crippen LogP contribution >= 0.6 is 11.8 Å². The fraction of sp³-hybridized carbons (Fsp3) is 0.889. The highest BCUT2D eigenvalue weighted by atomic mass is 32.2. The Balaban J connectivity index is 3.11. The van der Waals surface area contributed by atoms with Gasteiger partial charge in [0.25, 0.3) is 0 Å². The summed E-state index contributed by atoms with van der Waals surface area (Å²) in [5, 5.41) is 6.00. The summed E-state index contributed by atoms with van der Waals surface area (Å²) < 4.78 is 0. The standard InChI is InChI=1S/C9H20N2OS/c1-3-7-13-8-9(12)11-6-5-10-4-2/h10H,3-8H2,1-2H3,(H,11,12). The molecule has 0 atom stereocenters. The summed E-state index contributed by atoms with van der Waals surface area (Å²) in [5.41, 5.74) is 0. The molecule has 0 radical (unpaired) electrons. The van der Waals surface area contributed by atoms with Crippen molar-refractivity contribution in [2.45, 2.75) is 20.3 Å². The van der Waals surface area contributed by atoms with Crippen LogP contribution in [0.3, 0.4) is 0 Å². The molecule has 0 aliphatic carbocycles. The molecule has 0 saturated carbocycles. The highest BCUT2D eigenvalue weighted by Gasteiger charge is 1.98. The number of likely N-dealkylation sites (N-methyl/N-ethyl adjacent to an activating group) is 1. The minimum atomic E-state index is 0.149. The zero-order valence-electron chi connectivity index (χ0n) is 8.56. The molecule has 13 heavy (non-hydrogen) atoms. The molecule has 0 bridgehead atoms. The number of carbonyl (C=O) groups is 1. The van der Waals surface area contributed by atoms with Crippen LogP contribution in [0.25, 0.3) is 0 Å². The Hall–Kier alpha value is -0.220. The minimum absolute atomic E-state index is 0.149. The first-order chi connectivity index (χ1) is 6.31. The SMILES string of the molecule is CCCSCC(=O)NCCNCC. The van der Waals surface area contributed by atoms with E-state index in [9.17, 15) is 4.79 Å². The van der Waals surface area contributed by atoms with Crippen LogP contribution in [0.15, 0.2) is 0 Å². The number of thioether (sulfide) groups is 1. The quantitative estimate of drug-likeness (QED) is 0.576. The van der Waals surface area contributed by atoms with E-state index in [1.807, 2.05) is 0 Å². The third-order valence-corrected chi connectivity index (χ3v) is 2.62. The molecule has 0 aromatic rings. The first-order valence-corrected chi connectivity index (χ1v) is 6.01. The van der Waals surface area contributed by atoms with Crippen molar-refractivity contribution in [1.82, 2.24) is 10.6 Å². The molecule has 0 saturated heterocycles. The molecule has 0 spiro atoms. The summed E-state index contributed by atoms with van der Waals surface area (Å²) in [6, 6.07) is 0. The van der Waals surface area contributed by atoms with E-state index in [-0.39, 0.29) is 5.91 Å². The predicted molar refractivity (Wildman–Crippen MR) is 59.2 cm³/mol. The van der Waals surface area contributed by atoms with Crippen LogP contribution in [0.2, 0.25) is 0 Å². The lowest BCUT2D eigenvalue weighted by atomic mass is 10.5. The van der Waals surface area contributed by atoms with Crippen molar-refractivity contribution in [3.63, 3.8) is 0 Å². The average molecular weight is 204 g/mol. The number of rotatable bonds is 8. The first-order valence-electron chi connectivity index (χ1n) is 4.86. The van der Waals surface area contributed by atoms with Crippen molar-refractivity contribution in [3.8, 4) is 0 Å². The molecule has 0 aromatic carbocycles. The summed E-state index contributed by atoms with van der Waals surface area (Å²) >= 11 is 1.69. The van der Waals surface area contributed by atoms with Gasteiger partial charge in [-0.15, -0.1) is 0 Å². The molecule has 0 aliphatic heterocycles. The highest BCUT2D eigenvalue weighted by Crippen LogP contribution is 2.00. The summed E-state index contributed by atoms with van der Waals surface area (Å²) in [7, 11) is 0. The van der Waals surface area contributed by atoms with Gasteiger partial charge in [-0.2, -0.15) is 11.8 Å². The molecule has 0 fully saturated rings. The Morgan fingerprint density at radius 2 is 2.08 bits per heavy atom. The van der Waals surface area contributed by atoms with Crippen LogP contribution in [0.1, 0.15) is 20.3 Å². The Labute approximate surface area is 85.0 Å². The van der Waals surface area contributed by atoms with Crippen LogP contribution in [0, 0.1) is 0 Å². The summed E-state index contributed by atoms with van der Waals surface area (Å²) in [5.74, 6) is 1.82. The lowest BCUT2D eigenvalue weighted by Gasteiger charge is -2.04. The van der Waals surface area contributed by atoms with E-state index < -0.39 is 0 Å². The molecule has 0 heterocycles. The Morgan fingerprint density at radius 1 is 1.31 bits per heavy atom. The maximum Gasteiger partial charge on any atom is 0.230 e. The maximum atomic E-state index is 11.1. The molecule has 1 amide bonds. The summed E-state index contributed by atoms with van der Waals surface area (Å²) in [6.45, 7) is 6.73. The Bertz CT molecular complexity index is 131. The lowest BCUT2D eigenvalue weighted by Crippen LogP contribution is -2.32. The van der Waals surface area contributed by atoms with Gasteiger partial charge in [-0.3, -0.25) is 4.79 Å². The van der Waals surface area contributed by atoms with Crippen LogP contribution in [0.5, 0.6) is 0 Å². The van der Waals surface area contributed by atoms with Gasteiger partial charge in [-0.05, 0) is 18.7 Å². The molecular formula is C9H20N2OS. The van der Waals surface area contributed by atoms with Gasteiger partial charge in [-0.1, -0.05) is 13.8 Å². The van der Waals surface area contributed by atoms with Crippen LogP contribution in [-0.4, -0.2) is 37.0 Å². The summed E-state index contributed by atoms with van der Waals surface area (Å²) in [6.07, 6.45) is 1.13. The molecule has 3 nitrogen and oxygen atoms in total. The Kier molecular flexibility index (Phi) is 9.70. The van der Waals surface area contributed by atoms with E-state index in [0.717, 1.165) is 31.8 Å². The van der Waals surface area contributed by atoms with E-state index in [1.165, 1.54) is 0 Å². The van der Waals surface area contributed by atoms with Gasteiger partial charge in [0.15, 0.2) is 0 Å². The van der Waals surface area contributed by atoms with E-state index >= 15 is 0 Å². The third-order valence-electron chi connectivity index (χ3n) is 1.46. The lowest BCUT2D eigenvalue weighted by molar-refractivity contribution is -0.118. The monoisotopic (exact) mass is 204 g/mol. The van der Waals surface area contributed by atoms with Gasteiger partial charge in [0.2, 0.25) is 5.91 Å². The zero-order valence-corrected chi connectivity index (χ0v) is 9.38. The predicted octanol–water partition coefficient (Wildman–Crippen LogP) is 0.855. The van der Waals surface area contributed by atoms with Crippen molar-refractivity contribution in [3.05, 3.63) is 0 Å². The number of amides is 1. The van der Waals surface area contributed by atoms with Crippen molar-refractivity contribution in [2.24, 2.45) is 0 Å². The molecule has 4 heteroatoms. The fourth-order valence-electron chi connectivity index (χ4n) is 0.827. The van der Waals surface area contributed by atoms with Crippen LogP contribution in [-0.2, 0) is 4.79 Å². The number of hydrogen-bond donors (Lipinski definition) is 2. The van der Waals surface area contributed by atoms with E-state index in [2.05, 4.69) is 24.5 Å². The van der Waals surface area contributed by atoms with Crippen LogP contribution < -0.4 is 10.6 Å². The second-order valence-corrected chi connectivity index (χ2v) is 3.86. The fourth-order valence-corrected chi connectivity index (χ4v) is 1.55. The smallest absolute Gasteiger partial charge is 0.230 e. The molecule has 2 N–H and O–H groups in total. The maximum absolute atomic E-state index is 11.1. The molecule has 0 aliphatic rings. The second-order valence-electron chi connectivity index (χ2n) is 2.76. The van der Waals surface area contributed by atoms with Gasteiger partial charge < -0.3 is 10.6 Å². The summed E-state index contributed by atoms with van der Waals surface area (Å²) in [4.78, 5) is 11.1. The van der Waals surface area contributed by atoms with Crippen LogP contribution in [0.4, 0.5) is 0 Å². The molecule has 0 unspecified atom stereocenters. The van der Waals surface area contributed by atoms with Gasteiger partial charge in [0.1, 0.15) is 0 Å². The van der Waals surface area contributed by atoms with Gasteiger partial charge in [0.05, 0.1) is 5.75 Å². The second kappa shape index (κ2) is 9.86. The largest absolute Gasteiger partial charge is 0.354 e. The van der Waals surface area contributed by atoms with Gasteiger partial charge in [-0.25, -0.2) is 0 Å². The normalized spacial score (nSPS) is 10.0. The topological polar surface area (TPSA) is 41.1 Å². The highest BCUT2D eigenvalue weighted by molar-refractivity contribution is 7.99. The molecule has 0 aromatic heterocycles. The van der Waals surface area contributed by atoms with Gasteiger partial charge >= 0.3 is 0 Å². The Morgan fingerprint density at radius 3 is 2.69 bits per heavy atom. The van der Waals surface area contributed by atoms with Crippen molar-refractivity contribution in [1.29, 1.82) is 0 Å². The van der Waals surface area contributed by atoms with Crippen molar-refractivity contribution < 1.29 is 4.79 Å². The van der Waals surface area contributed by atoms with E-state index in [0.29, 0.717) is 5.75 Å². The number of carbonyl (C=O) groups excluding carboxylic acids is 1. The van der Waals surface area contributed by atoms with Gasteiger partial charge in [0, 0.05) is 13.1 Å². The zero-order chi connectivity index (χ0) is 9.94. The molecule has 78 valence electrons. The minimum Gasteiger partial charge on any atom is -0.354 e. The first kappa shape index (κ1) is 12.8. The van der Waals surface area contributed by atoms with Crippen molar-refractivity contribution in [2.75, 3.05) is 31.1 Å². The number of hydrogen-bond acceptors (Lipinski definition) is 3. The van der Waals surface area contributed by atoms with E-state index in [1.54, 1.807) is 11.8 Å². The molecular weight excluding hydrogens is 184 g/mol. The molecule has 0 rings (SSSR count). The third kappa shape index (κ3) is 9.70. The number of nitrogens with one attached hydrogen (secondary N) is 2. The van der Waals surface area contributed by atoms with E-state index in [4.69, 9.17) is 0 Å². The van der Waals surface area contributed by atoms with Crippen molar-refractivity contribution >= 4 is 17.7 Å². The average Bonchev–Trinajstić information content (AvgIpc) is 2.13.